The van der Waals surface area contributed by atoms with E-state index in [-0.39, 0.29) is 8.89 Å². The Kier molecular flexibility index (Phi) is 6.93. The first-order valence-corrected chi connectivity index (χ1v) is 5.21. The Hall–Kier alpha value is 0.740. The molecule has 6 heteroatoms. The van der Waals surface area contributed by atoms with Crippen molar-refractivity contribution >= 4 is 57.7 Å². The highest BCUT2D eigenvalue weighted by atomic mass is 32.2. The van der Waals surface area contributed by atoms with Crippen LogP contribution in [0.2, 0.25) is 0 Å². The molecule has 0 unspecified atom stereocenters. The van der Waals surface area contributed by atoms with Crippen LogP contribution in [-0.2, 0) is 0 Å². The molecule has 0 saturated heterocycles. The third kappa shape index (κ3) is 8.74. The van der Waals surface area contributed by atoms with Gasteiger partial charge < -0.3 is 0 Å². The highest BCUT2D eigenvalue weighted by Gasteiger charge is 1.97. The van der Waals surface area contributed by atoms with Crippen molar-refractivity contribution in [2.45, 2.75) is 0 Å². The van der Waals surface area contributed by atoms with Gasteiger partial charge in [-0.15, -0.1) is 0 Å². The fourth-order valence-corrected chi connectivity index (χ4v) is 1.82. The van der Waals surface area contributed by atoms with Gasteiger partial charge in [-0.1, -0.05) is 48.8 Å². The second kappa shape index (κ2) is 6.45. The maximum atomic E-state index is 10.2. The van der Waals surface area contributed by atoms with Gasteiger partial charge in [-0.3, -0.25) is 9.59 Å². The summed E-state index contributed by atoms with van der Waals surface area (Å²) >= 11 is 9.25. The Bertz CT molecular complexity index is 119. The molecule has 0 atom stereocenters. The van der Waals surface area contributed by atoms with Crippen molar-refractivity contribution in [1.29, 1.82) is 0 Å². The van der Waals surface area contributed by atoms with Gasteiger partial charge in [0.15, 0.2) is 0 Å². The molecular formula is C4H6O2S4. The van der Waals surface area contributed by atoms with E-state index in [0.717, 1.165) is 23.5 Å². The number of carbonyl (C=O) groups is 2. The average Bonchev–Trinajstić information content (AvgIpc) is 1.79. The van der Waals surface area contributed by atoms with E-state index in [0.29, 0.717) is 11.5 Å². The standard InChI is InChI=1S/C4H6O2S4/c5-3(7)9-1-2-10-4(6)8/h1-2H2,(H,5,7)(H,6,8). The molecule has 0 saturated carbocycles. The fourth-order valence-electron chi connectivity index (χ4n) is 0.258. The average molecular weight is 214 g/mol. The van der Waals surface area contributed by atoms with Gasteiger partial charge in [0.05, 0.1) is 0 Å². The molecule has 0 amide bonds. The highest BCUT2D eigenvalue weighted by molar-refractivity contribution is 8.34. The number of thiol groups is 2. The normalized spacial score (nSPS) is 9.40. The minimum absolute atomic E-state index is 0.216. The summed E-state index contributed by atoms with van der Waals surface area (Å²) in [4.78, 5) is 20.4. The van der Waals surface area contributed by atoms with Crippen molar-refractivity contribution in [1.82, 2.24) is 0 Å². The highest BCUT2D eigenvalue weighted by Crippen LogP contribution is 2.12. The first-order valence-electron chi connectivity index (χ1n) is 2.34. The van der Waals surface area contributed by atoms with Crippen molar-refractivity contribution in [2.24, 2.45) is 0 Å². The number of thioether (sulfide) groups is 2. The van der Waals surface area contributed by atoms with Crippen molar-refractivity contribution in [3.8, 4) is 0 Å². The van der Waals surface area contributed by atoms with Crippen LogP contribution in [0.5, 0.6) is 0 Å². The molecule has 0 aromatic carbocycles. The van der Waals surface area contributed by atoms with E-state index in [1.165, 1.54) is 0 Å². The van der Waals surface area contributed by atoms with Gasteiger partial charge in [-0.2, -0.15) is 0 Å². The lowest BCUT2D eigenvalue weighted by molar-refractivity contribution is 0.276. The van der Waals surface area contributed by atoms with E-state index < -0.39 is 0 Å². The topological polar surface area (TPSA) is 34.1 Å². The molecule has 0 bridgehead atoms. The molecule has 0 aliphatic carbocycles. The van der Waals surface area contributed by atoms with E-state index >= 15 is 0 Å². The minimum Gasteiger partial charge on any atom is -0.275 e. The van der Waals surface area contributed by atoms with E-state index in [9.17, 15) is 9.59 Å². The third-order valence-corrected chi connectivity index (χ3v) is 2.88. The number of hydrogen-bond acceptors (Lipinski definition) is 4. The van der Waals surface area contributed by atoms with Crippen LogP contribution in [0.25, 0.3) is 0 Å². The summed E-state index contributed by atoms with van der Waals surface area (Å²) in [5.74, 6) is 1.22. The third-order valence-electron chi connectivity index (χ3n) is 0.534. The molecule has 0 heterocycles. The van der Waals surface area contributed by atoms with E-state index in [1.807, 2.05) is 0 Å². The molecule has 0 radical (unpaired) electrons. The van der Waals surface area contributed by atoms with E-state index in [1.54, 1.807) is 0 Å². The SMILES string of the molecule is O=C(S)SCCSC(=O)S. The van der Waals surface area contributed by atoms with Crippen LogP contribution in [0.15, 0.2) is 0 Å². The zero-order chi connectivity index (χ0) is 7.98. The molecule has 10 heavy (non-hydrogen) atoms. The summed E-state index contributed by atoms with van der Waals surface area (Å²) in [7, 11) is 0. The molecular weight excluding hydrogens is 208 g/mol. The van der Waals surface area contributed by atoms with Crippen LogP contribution in [0.3, 0.4) is 0 Å². The lowest BCUT2D eigenvalue weighted by atomic mass is 11.0. The zero-order valence-electron chi connectivity index (χ0n) is 4.94. The van der Waals surface area contributed by atoms with Crippen molar-refractivity contribution in [3.63, 3.8) is 0 Å². The van der Waals surface area contributed by atoms with Crippen LogP contribution in [0.4, 0.5) is 9.59 Å². The Morgan fingerprint density at radius 1 is 1.00 bits per heavy atom. The van der Waals surface area contributed by atoms with Crippen LogP contribution in [0.1, 0.15) is 0 Å². The molecule has 0 aromatic rings. The Morgan fingerprint density at radius 2 is 1.30 bits per heavy atom. The second-order valence-electron chi connectivity index (χ2n) is 1.23. The molecule has 0 aliphatic rings. The lowest BCUT2D eigenvalue weighted by Crippen LogP contribution is -1.87. The summed E-state index contributed by atoms with van der Waals surface area (Å²) < 4.78 is -0.431. The van der Waals surface area contributed by atoms with Gasteiger partial charge >= 0.3 is 0 Å². The maximum Gasteiger partial charge on any atom is 0.243 e. The minimum atomic E-state index is -0.216. The Labute approximate surface area is 78.7 Å². The van der Waals surface area contributed by atoms with Crippen LogP contribution in [0, 0.1) is 0 Å². The molecule has 0 fully saturated rings. The fraction of sp³-hybridized carbons (Fsp3) is 0.500. The molecule has 0 aliphatic heterocycles. The molecule has 0 aromatic heterocycles. The predicted octanol–water partition coefficient (Wildman–Crippen LogP) is 2.55. The molecule has 0 N–H and O–H groups in total. The smallest absolute Gasteiger partial charge is 0.243 e. The van der Waals surface area contributed by atoms with Gasteiger partial charge in [0.1, 0.15) is 0 Å². The predicted molar refractivity (Wildman–Crippen MR) is 53.7 cm³/mol. The molecule has 2 nitrogen and oxygen atoms in total. The Balaban J connectivity index is 3.06. The molecule has 0 rings (SSSR count). The van der Waals surface area contributed by atoms with Gasteiger partial charge in [-0.25, -0.2) is 0 Å². The summed E-state index contributed by atoms with van der Waals surface area (Å²) in [5, 5.41) is 0. The maximum absolute atomic E-state index is 10.2. The number of rotatable bonds is 3. The van der Waals surface area contributed by atoms with Gasteiger partial charge in [0, 0.05) is 11.5 Å². The van der Waals surface area contributed by atoms with Crippen LogP contribution < -0.4 is 0 Å². The van der Waals surface area contributed by atoms with E-state index in [2.05, 4.69) is 25.3 Å². The summed E-state index contributed by atoms with van der Waals surface area (Å²) in [6.45, 7) is 0. The first-order chi connectivity index (χ1) is 4.63. The van der Waals surface area contributed by atoms with Crippen molar-refractivity contribution in [2.75, 3.05) is 11.5 Å². The van der Waals surface area contributed by atoms with Gasteiger partial charge in [0.2, 0.25) is 8.89 Å². The van der Waals surface area contributed by atoms with Crippen molar-refractivity contribution < 1.29 is 9.59 Å². The summed E-state index contributed by atoms with van der Waals surface area (Å²) in [6.07, 6.45) is 0. The largest absolute Gasteiger partial charge is 0.275 e. The van der Waals surface area contributed by atoms with Gasteiger partial charge in [-0.05, 0) is 0 Å². The second-order valence-corrected chi connectivity index (χ2v) is 4.78. The lowest BCUT2D eigenvalue weighted by Gasteiger charge is -1.92. The number of hydrogen-bond donors (Lipinski definition) is 2. The Morgan fingerprint density at radius 3 is 1.50 bits per heavy atom. The molecule has 0 spiro atoms. The quantitative estimate of drug-likeness (QED) is 0.559. The first kappa shape index (κ1) is 10.7. The number of carbonyl (C=O) groups excluding carboxylic acids is 2. The van der Waals surface area contributed by atoms with Gasteiger partial charge in [0.25, 0.3) is 0 Å². The molecule has 58 valence electrons. The monoisotopic (exact) mass is 214 g/mol. The zero-order valence-corrected chi connectivity index (χ0v) is 8.36. The summed E-state index contributed by atoms with van der Waals surface area (Å²) in [5.41, 5.74) is 0. The van der Waals surface area contributed by atoms with Crippen LogP contribution >= 0.6 is 48.8 Å². The van der Waals surface area contributed by atoms with Crippen LogP contribution in [-0.4, -0.2) is 20.4 Å². The van der Waals surface area contributed by atoms with Crippen molar-refractivity contribution in [3.05, 3.63) is 0 Å². The van der Waals surface area contributed by atoms with E-state index in [4.69, 9.17) is 0 Å². The summed E-state index contributed by atoms with van der Waals surface area (Å²) in [6, 6.07) is 0.